The largest absolute Gasteiger partial charge is 0.339 e. The number of nitrogens with one attached hydrogen (secondary N) is 4. The van der Waals surface area contributed by atoms with Gasteiger partial charge in [-0.2, -0.15) is 4.98 Å². The second kappa shape index (κ2) is 12.8. The van der Waals surface area contributed by atoms with Crippen LogP contribution in [-0.4, -0.2) is 46.1 Å². The van der Waals surface area contributed by atoms with E-state index < -0.39 is 0 Å². The maximum atomic E-state index is 13.2. The molecule has 0 aliphatic carbocycles. The third-order valence-corrected chi connectivity index (χ3v) is 8.20. The number of anilines is 5. The molecule has 6 rings (SSSR count). The van der Waals surface area contributed by atoms with Crippen molar-refractivity contribution in [2.45, 2.75) is 38.5 Å². The number of carbonyl (C=O) groups excluding carboxylic acids is 2. The predicted octanol–water partition coefficient (Wildman–Crippen LogP) is 6.58. The second-order valence-electron chi connectivity index (χ2n) is 11.1. The quantitative estimate of drug-likeness (QED) is 0.268. The molecule has 3 aliphatic rings. The van der Waals surface area contributed by atoms with Crippen LogP contribution in [0, 0.1) is 17.7 Å². The highest BCUT2D eigenvalue weighted by Crippen LogP contribution is 2.31. The number of allylic oxidation sites excluding steroid dienone is 1. The molecular weight excluding hydrogens is 571 g/mol. The van der Waals surface area contributed by atoms with Crippen LogP contribution in [0.3, 0.4) is 0 Å². The van der Waals surface area contributed by atoms with Crippen LogP contribution in [0.2, 0.25) is 5.02 Å². The average molecular weight is 603 g/mol. The lowest BCUT2D eigenvalue weighted by atomic mass is 9.92. The van der Waals surface area contributed by atoms with Crippen LogP contribution in [0.25, 0.3) is 0 Å². The van der Waals surface area contributed by atoms with Gasteiger partial charge in [-0.3, -0.25) is 9.79 Å². The molecule has 4 N–H and O–H groups in total. The van der Waals surface area contributed by atoms with E-state index >= 15 is 0 Å². The van der Waals surface area contributed by atoms with Gasteiger partial charge >= 0.3 is 6.03 Å². The third-order valence-electron chi connectivity index (χ3n) is 7.92. The average Bonchev–Trinajstić information content (AvgIpc) is 3.00. The molecule has 2 aromatic carbocycles. The van der Waals surface area contributed by atoms with Crippen LogP contribution < -0.4 is 21.3 Å². The van der Waals surface area contributed by atoms with Crippen LogP contribution in [0.5, 0.6) is 0 Å². The number of amides is 3. The van der Waals surface area contributed by atoms with Crippen molar-refractivity contribution in [3.8, 4) is 0 Å². The normalized spacial score (nSPS) is 18.1. The number of likely N-dealkylation sites (tertiary alicyclic amines) is 1. The van der Waals surface area contributed by atoms with E-state index in [0.29, 0.717) is 42.0 Å². The van der Waals surface area contributed by atoms with Gasteiger partial charge in [-0.1, -0.05) is 11.6 Å². The Bertz CT molecular complexity index is 1570. The van der Waals surface area contributed by atoms with Gasteiger partial charge in [0.25, 0.3) is 0 Å². The molecule has 1 atom stereocenters. The maximum Gasteiger partial charge on any atom is 0.321 e. The van der Waals surface area contributed by atoms with Gasteiger partial charge in [-0.05, 0) is 86.1 Å². The van der Waals surface area contributed by atoms with E-state index in [4.69, 9.17) is 11.6 Å². The standard InChI is InChI=1S/C31H32ClFN8O2/c32-26-18-35-30-37-25-13-20(16-34-17-25)1-2-21-15-24(36-29(26)40-30)7-8-27(21)39-28(42)14-19-9-11-41(12-10-19)31(43)38-23-5-3-22(33)4-6-23/h3-8,15-20H,1-2,9-14H2,(H,38,43)(H,39,42)(H2,35,36,37,40). The molecule has 3 aromatic rings. The smallest absolute Gasteiger partial charge is 0.321 e. The zero-order valence-corrected chi connectivity index (χ0v) is 24.2. The highest BCUT2D eigenvalue weighted by Gasteiger charge is 2.25. The van der Waals surface area contributed by atoms with E-state index in [1.807, 2.05) is 24.4 Å². The first-order chi connectivity index (χ1) is 20.9. The topological polar surface area (TPSA) is 124 Å². The molecule has 12 heteroatoms. The fourth-order valence-electron chi connectivity index (χ4n) is 5.58. The van der Waals surface area contributed by atoms with Crippen LogP contribution >= 0.6 is 11.6 Å². The number of fused-ring (bicyclic) bond motifs is 6. The third kappa shape index (κ3) is 7.29. The number of hydrogen-bond donors (Lipinski definition) is 4. The van der Waals surface area contributed by atoms with Crippen LogP contribution in [0.1, 0.15) is 37.7 Å². The van der Waals surface area contributed by atoms with Crippen molar-refractivity contribution in [3.63, 3.8) is 0 Å². The zero-order valence-electron chi connectivity index (χ0n) is 23.4. The lowest BCUT2D eigenvalue weighted by Gasteiger charge is -2.31. The second-order valence-corrected chi connectivity index (χ2v) is 11.5. The fourth-order valence-corrected chi connectivity index (χ4v) is 5.72. The Morgan fingerprint density at radius 1 is 1.05 bits per heavy atom. The van der Waals surface area contributed by atoms with Gasteiger partial charge in [0, 0.05) is 60.6 Å². The van der Waals surface area contributed by atoms with E-state index in [-0.39, 0.29) is 29.6 Å². The highest BCUT2D eigenvalue weighted by molar-refractivity contribution is 6.32. The minimum absolute atomic E-state index is 0.0498. The number of rotatable bonds is 4. The molecule has 3 amide bonds. The molecule has 43 heavy (non-hydrogen) atoms. The molecule has 1 unspecified atom stereocenters. The number of aromatic nitrogens is 2. The maximum absolute atomic E-state index is 13.2. The lowest BCUT2D eigenvalue weighted by molar-refractivity contribution is -0.117. The van der Waals surface area contributed by atoms with Gasteiger partial charge in [-0.25, -0.2) is 14.2 Å². The van der Waals surface area contributed by atoms with Gasteiger partial charge in [-0.15, -0.1) is 0 Å². The van der Waals surface area contributed by atoms with Crippen LogP contribution in [0.4, 0.5) is 38.0 Å². The number of hydrogen-bond acceptors (Lipinski definition) is 7. The Kier molecular flexibility index (Phi) is 8.50. The Balaban J connectivity index is 1.09. The summed E-state index contributed by atoms with van der Waals surface area (Å²) in [4.78, 5) is 40.8. The summed E-state index contributed by atoms with van der Waals surface area (Å²) >= 11 is 6.38. The van der Waals surface area contributed by atoms with Crippen LogP contribution in [0.15, 0.2) is 65.6 Å². The SMILES string of the molecule is O=C(CC1CCN(C(=O)Nc2ccc(F)cc2)CC1)Nc1ccc2cc1CCC1C=NC=C(C1)Nc1ncc(Cl)c(n1)N2. The molecule has 1 aromatic heterocycles. The van der Waals surface area contributed by atoms with Crippen molar-refractivity contribution >= 4 is 58.6 Å². The van der Waals surface area contributed by atoms with E-state index in [1.54, 1.807) is 17.3 Å². The summed E-state index contributed by atoms with van der Waals surface area (Å²) in [6, 6.07) is 11.3. The minimum atomic E-state index is -0.352. The number of carbonyl (C=O) groups is 2. The summed E-state index contributed by atoms with van der Waals surface area (Å²) in [7, 11) is 0. The van der Waals surface area contributed by atoms with Crippen molar-refractivity contribution in [3.05, 3.63) is 77.0 Å². The fraction of sp³-hybridized carbons (Fsp3) is 0.323. The zero-order chi connectivity index (χ0) is 29.8. The van der Waals surface area contributed by atoms with Gasteiger partial charge < -0.3 is 26.2 Å². The van der Waals surface area contributed by atoms with Gasteiger partial charge in [0.1, 0.15) is 10.8 Å². The van der Waals surface area contributed by atoms with Crippen molar-refractivity contribution < 1.29 is 14.0 Å². The lowest BCUT2D eigenvalue weighted by Crippen LogP contribution is -2.41. The summed E-state index contributed by atoms with van der Waals surface area (Å²) in [6.45, 7) is 1.11. The van der Waals surface area contributed by atoms with Gasteiger partial charge in [0.2, 0.25) is 11.9 Å². The molecule has 6 bridgehead atoms. The molecule has 1 fully saturated rings. The summed E-state index contributed by atoms with van der Waals surface area (Å²) in [6.07, 6.45) is 9.52. The summed E-state index contributed by atoms with van der Waals surface area (Å²) in [5.74, 6) is 0.921. The van der Waals surface area contributed by atoms with E-state index in [9.17, 15) is 14.0 Å². The van der Waals surface area contributed by atoms with E-state index in [0.717, 1.165) is 54.7 Å². The predicted molar refractivity (Wildman–Crippen MR) is 166 cm³/mol. The number of halogens is 2. The number of piperidine rings is 1. The molecule has 10 nitrogen and oxygen atoms in total. The first-order valence-electron chi connectivity index (χ1n) is 14.4. The number of nitrogens with zero attached hydrogens (tertiary/aromatic N) is 4. The molecule has 4 heterocycles. The molecular formula is C31H32ClFN8O2. The Morgan fingerprint density at radius 3 is 2.67 bits per heavy atom. The first-order valence-corrected chi connectivity index (χ1v) is 14.8. The monoisotopic (exact) mass is 602 g/mol. The molecule has 1 saturated heterocycles. The van der Waals surface area contributed by atoms with E-state index in [2.05, 4.69) is 36.2 Å². The molecule has 0 spiro atoms. The number of urea groups is 1. The number of benzene rings is 2. The van der Waals surface area contributed by atoms with Crippen molar-refractivity contribution in [2.75, 3.05) is 34.4 Å². The molecule has 222 valence electrons. The van der Waals surface area contributed by atoms with Crippen LogP contribution in [-0.2, 0) is 11.2 Å². The number of aliphatic imine (C=N–C) groups is 1. The highest BCUT2D eigenvalue weighted by atomic mass is 35.5. The Morgan fingerprint density at radius 2 is 1.86 bits per heavy atom. The van der Waals surface area contributed by atoms with Crippen molar-refractivity contribution in [2.24, 2.45) is 16.8 Å². The van der Waals surface area contributed by atoms with Gasteiger partial charge in [0.15, 0.2) is 5.82 Å². The van der Waals surface area contributed by atoms with Gasteiger partial charge in [0.05, 0.1) is 6.20 Å². The summed E-state index contributed by atoms with van der Waals surface area (Å²) < 4.78 is 13.2. The molecule has 0 saturated carbocycles. The summed E-state index contributed by atoms with van der Waals surface area (Å²) in [5.41, 5.74) is 4.07. The molecule has 0 radical (unpaired) electrons. The molecule has 3 aliphatic heterocycles. The Hall–Kier alpha value is -4.51. The number of aryl methyl sites for hydroxylation is 1. The first kappa shape index (κ1) is 28.6. The minimum Gasteiger partial charge on any atom is -0.339 e. The van der Waals surface area contributed by atoms with Crippen molar-refractivity contribution in [1.29, 1.82) is 0 Å². The van der Waals surface area contributed by atoms with Crippen molar-refractivity contribution in [1.82, 2.24) is 14.9 Å². The van der Waals surface area contributed by atoms with E-state index in [1.165, 1.54) is 24.3 Å². The Labute approximate surface area is 253 Å². The summed E-state index contributed by atoms with van der Waals surface area (Å²) in [5, 5.41) is 12.9.